The predicted molar refractivity (Wildman–Crippen MR) is 80.6 cm³/mol. The highest BCUT2D eigenvalue weighted by Crippen LogP contribution is 2.23. The summed E-state index contributed by atoms with van der Waals surface area (Å²) < 4.78 is 0. The van der Waals surface area contributed by atoms with Crippen LogP contribution in [0.1, 0.15) is 44.9 Å². The first-order chi connectivity index (χ1) is 8.77. The van der Waals surface area contributed by atoms with Crippen LogP contribution in [-0.4, -0.2) is 23.9 Å². The monoisotopic (exact) mass is 263 g/mol. The topological polar surface area (TPSA) is 82.1 Å². The highest BCUT2D eigenvalue weighted by molar-refractivity contribution is 5.87. The smallest absolute Gasteiger partial charge is 0.0921 e. The van der Waals surface area contributed by atoms with Gasteiger partial charge in [0, 0.05) is 30.1 Å². The van der Waals surface area contributed by atoms with E-state index < -0.39 is 6.10 Å². The molecule has 2 atom stereocenters. The van der Waals surface area contributed by atoms with Gasteiger partial charge in [-0.25, -0.2) is 0 Å². The molecule has 0 heterocycles. The summed E-state index contributed by atoms with van der Waals surface area (Å²) in [7, 11) is 0. The van der Waals surface area contributed by atoms with Gasteiger partial charge in [0.2, 0.25) is 0 Å². The quantitative estimate of drug-likeness (QED) is 0.486. The van der Waals surface area contributed by atoms with E-state index >= 15 is 0 Å². The Morgan fingerprint density at radius 2 is 2.05 bits per heavy atom. The van der Waals surface area contributed by atoms with Crippen LogP contribution in [0.15, 0.2) is 18.2 Å². The molecule has 0 saturated heterocycles. The van der Waals surface area contributed by atoms with E-state index in [4.69, 9.17) is 11.1 Å². The lowest BCUT2D eigenvalue weighted by Gasteiger charge is -2.29. The maximum Gasteiger partial charge on any atom is 0.0921 e. The zero-order valence-electron chi connectivity index (χ0n) is 12.2. The van der Waals surface area contributed by atoms with Crippen molar-refractivity contribution in [2.24, 2.45) is 5.41 Å². The lowest BCUT2D eigenvalue weighted by atomic mass is 9.88. The average Bonchev–Trinajstić information content (AvgIpc) is 2.33. The van der Waals surface area contributed by atoms with E-state index in [0.717, 1.165) is 0 Å². The van der Waals surface area contributed by atoms with Gasteiger partial charge in [-0.05, 0) is 24.0 Å². The third kappa shape index (κ3) is 4.04. The molecule has 0 radical (unpaired) electrons. The first kappa shape index (κ1) is 15.7. The first-order valence-corrected chi connectivity index (χ1v) is 6.57. The van der Waals surface area contributed by atoms with Gasteiger partial charge in [0.15, 0.2) is 0 Å². The van der Waals surface area contributed by atoms with Crippen LogP contribution in [0.5, 0.6) is 0 Å². The zero-order chi connectivity index (χ0) is 14.6. The summed E-state index contributed by atoms with van der Waals surface area (Å²) in [5.41, 5.74) is 7.77. The second-order valence-electron chi connectivity index (χ2n) is 6.01. The molecule has 4 nitrogen and oxygen atoms in total. The van der Waals surface area contributed by atoms with E-state index in [9.17, 15) is 5.11 Å². The molecule has 0 fully saturated rings. The maximum atomic E-state index is 10.3. The Kier molecular flexibility index (Phi) is 5.09. The number of aliphatic hydroxyl groups excluding tert-OH is 1. The Bertz CT molecular complexity index is 438. The third-order valence-electron chi connectivity index (χ3n) is 3.59. The molecule has 1 aromatic carbocycles. The van der Waals surface area contributed by atoms with Crippen LogP contribution in [0.25, 0.3) is 0 Å². The van der Waals surface area contributed by atoms with Gasteiger partial charge < -0.3 is 21.6 Å². The summed E-state index contributed by atoms with van der Waals surface area (Å²) in [6.07, 6.45) is 0.533. The summed E-state index contributed by atoms with van der Waals surface area (Å²) in [5.74, 6) is 0. The molecule has 0 saturated carbocycles. The fourth-order valence-electron chi connectivity index (χ4n) is 1.76. The number of rotatable bonds is 5. The number of nitrogens with one attached hydrogen (secondary N) is 2. The lowest BCUT2D eigenvalue weighted by molar-refractivity contribution is 0.158. The Hall–Kier alpha value is -1.39. The average molecular weight is 263 g/mol. The molecular weight excluding hydrogens is 238 g/mol. The predicted octanol–water partition coefficient (Wildman–Crippen LogP) is 2.32. The molecule has 2 unspecified atom stereocenters. The molecule has 0 aliphatic carbocycles. The molecule has 0 aliphatic rings. The van der Waals surface area contributed by atoms with Crippen LogP contribution < -0.4 is 11.1 Å². The number of hydrogen-bond donors (Lipinski definition) is 4. The van der Waals surface area contributed by atoms with E-state index in [-0.39, 0.29) is 11.5 Å². The molecule has 19 heavy (non-hydrogen) atoms. The fourth-order valence-corrected chi connectivity index (χ4v) is 1.76. The van der Waals surface area contributed by atoms with Gasteiger partial charge in [-0.2, -0.15) is 0 Å². The molecule has 4 heteroatoms. The van der Waals surface area contributed by atoms with Crippen molar-refractivity contribution in [2.75, 3.05) is 12.3 Å². The van der Waals surface area contributed by atoms with Crippen molar-refractivity contribution in [1.82, 2.24) is 5.32 Å². The number of nitrogens with two attached hydrogens (primary N) is 1. The second-order valence-corrected chi connectivity index (χ2v) is 6.01. The summed E-state index contributed by atoms with van der Waals surface area (Å²) in [5, 5.41) is 21.0. The van der Waals surface area contributed by atoms with Gasteiger partial charge >= 0.3 is 0 Å². The summed E-state index contributed by atoms with van der Waals surface area (Å²) in [6, 6.07) is 5.63. The summed E-state index contributed by atoms with van der Waals surface area (Å²) in [4.78, 5) is 0. The standard InChI is InChI=1S/C15H25N3O/c1-10(15(2,3)4)18-9-14(19)11-6-5-7-13(17)12(11)8-16/h5-8,10,14,16,18-19H,9,17H2,1-4H3. The Balaban J connectivity index is 2.77. The third-order valence-corrected chi connectivity index (χ3v) is 3.59. The van der Waals surface area contributed by atoms with Gasteiger partial charge in [0.1, 0.15) is 0 Å². The van der Waals surface area contributed by atoms with Crippen LogP contribution in [0, 0.1) is 10.8 Å². The number of nitrogen functional groups attached to an aromatic ring is 1. The minimum absolute atomic E-state index is 0.139. The van der Waals surface area contributed by atoms with E-state index in [1.807, 2.05) is 6.07 Å². The van der Waals surface area contributed by atoms with Gasteiger partial charge in [-0.1, -0.05) is 32.9 Å². The molecule has 0 spiro atoms. The van der Waals surface area contributed by atoms with Crippen molar-refractivity contribution in [1.29, 1.82) is 5.41 Å². The Morgan fingerprint density at radius 3 is 2.58 bits per heavy atom. The van der Waals surface area contributed by atoms with Crippen LogP contribution in [0.3, 0.4) is 0 Å². The van der Waals surface area contributed by atoms with Gasteiger partial charge in [-0.15, -0.1) is 0 Å². The molecule has 0 aliphatic heterocycles. The number of anilines is 1. The van der Waals surface area contributed by atoms with Crippen LogP contribution >= 0.6 is 0 Å². The highest BCUT2D eigenvalue weighted by atomic mass is 16.3. The second kappa shape index (κ2) is 6.17. The summed E-state index contributed by atoms with van der Waals surface area (Å²) in [6.45, 7) is 9.01. The molecule has 106 valence electrons. The first-order valence-electron chi connectivity index (χ1n) is 6.57. The van der Waals surface area contributed by atoms with Crippen LogP contribution in [0.4, 0.5) is 5.69 Å². The molecule has 5 N–H and O–H groups in total. The number of benzene rings is 1. The number of hydrogen-bond acceptors (Lipinski definition) is 4. The molecule has 1 rings (SSSR count). The van der Waals surface area contributed by atoms with Crippen LogP contribution in [-0.2, 0) is 0 Å². The zero-order valence-corrected chi connectivity index (χ0v) is 12.2. The minimum Gasteiger partial charge on any atom is -0.398 e. The lowest BCUT2D eigenvalue weighted by Crippen LogP contribution is -2.39. The van der Waals surface area contributed by atoms with Crippen molar-refractivity contribution in [2.45, 2.75) is 39.8 Å². The molecular formula is C15H25N3O. The van der Waals surface area contributed by atoms with Crippen LogP contribution in [0.2, 0.25) is 0 Å². The van der Waals surface area contributed by atoms with E-state index in [1.54, 1.807) is 12.1 Å². The van der Waals surface area contributed by atoms with E-state index in [0.29, 0.717) is 23.4 Å². The highest BCUT2D eigenvalue weighted by Gasteiger charge is 2.21. The minimum atomic E-state index is -0.662. The molecule has 0 amide bonds. The van der Waals surface area contributed by atoms with E-state index in [1.165, 1.54) is 6.21 Å². The van der Waals surface area contributed by atoms with Crippen molar-refractivity contribution < 1.29 is 5.11 Å². The van der Waals surface area contributed by atoms with Crippen molar-refractivity contribution in [3.05, 3.63) is 29.3 Å². The van der Waals surface area contributed by atoms with Gasteiger partial charge in [0.25, 0.3) is 0 Å². The Morgan fingerprint density at radius 1 is 1.42 bits per heavy atom. The fraction of sp³-hybridized carbons (Fsp3) is 0.533. The SMILES string of the molecule is CC(NCC(O)c1cccc(N)c1C=N)C(C)(C)C. The largest absolute Gasteiger partial charge is 0.398 e. The normalized spacial score (nSPS) is 15.0. The summed E-state index contributed by atoms with van der Waals surface area (Å²) >= 11 is 0. The Labute approximate surface area is 115 Å². The van der Waals surface area contributed by atoms with Crippen molar-refractivity contribution >= 4 is 11.9 Å². The number of aliphatic hydroxyl groups is 1. The molecule has 0 aromatic heterocycles. The van der Waals surface area contributed by atoms with Crippen molar-refractivity contribution in [3.8, 4) is 0 Å². The van der Waals surface area contributed by atoms with Crippen molar-refractivity contribution in [3.63, 3.8) is 0 Å². The van der Waals surface area contributed by atoms with E-state index in [2.05, 4.69) is 33.0 Å². The maximum absolute atomic E-state index is 10.3. The van der Waals surface area contributed by atoms with Gasteiger partial charge in [-0.3, -0.25) is 0 Å². The molecule has 1 aromatic rings. The van der Waals surface area contributed by atoms with Gasteiger partial charge in [0.05, 0.1) is 6.10 Å². The molecule has 0 bridgehead atoms.